The molecule has 3 N–H and O–H groups in total. The molecule has 0 aromatic carbocycles. The van der Waals surface area contributed by atoms with E-state index in [9.17, 15) is 15.0 Å². The predicted octanol–water partition coefficient (Wildman–Crippen LogP) is 14.6. The third-order valence-corrected chi connectivity index (χ3v) is 9.78. The number of allylic oxidation sites excluding steroid dienone is 15. The molecule has 0 aromatic rings. The molecule has 0 heterocycles. The van der Waals surface area contributed by atoms with Crippen molar-refractivity contribution in [3.63, 3.8) is 0 Å². The third-order valence-electron chi connectivity index (χ3n) is 9.78. The molecular weight excluding hydrogens is 675 g/mol. The van der Waals surface area contributed by atoms with Gasteiger partial charge in [0.15, 0.2) is 0 Å². The van der Waals surface area contributed by atoms with Crippen LogP contribution in [0.5, 0.6) is 0 Å². The highest BCUT2D eigenvalue weighted by atomic mass is 16.3. The summed E-state index contributed by atoms with van der Waals surface area (Å²) in [5, 5.41) is 23.0. The monoisotopic (exact) mass is 762 g/mol. The fourth-order valence-electron chi connectivity index (χ4n) is 6.29. The van der Waals surface area contributed by atoms with Crippen LogP contribution in [0.2, 0.25) is 0 Å². The van der Waals surface area contributed by atoms with Gasteiger partial charge in [0, 0.05) is 6.42 Å². The summed E-state index contributed by atoms with van der Waals surface area (Å²) in [5.41, 5.74) is 0. The summed E-state index contributed by atoms with van der Waals surface area (Å²) in [5.74, 6) is -0.0891. The number of hydrogen-bond donors (Lipinski definition) is 3. The molecule has 4 heteroatoms. The highest BCUT2D eigenvalue weighted by Crippen LogP contribution is 2.13. The van der Waals surface area contributed by atoms with Crippen molar-refractivity contribution in [2.75, 3.05) is 6.61 Å². The smallest absolute Gasteiger partial charge is 0.220 e. The fraction of sp³-hybridized carbons (Fsp3) is 0.667. The number of rotatable bonds is 40. The lowest BCUT2D eigenvalue weighted by Crippen LogP contribution is -2.45. The van der Waals surface area contributed by atoms with Gasteiger partial charge in [0.1, 0.15) is 0 Å². The van der Waals surface area contributed by atoms with E-state index in [2.05, 4.69) is 104 Å². The maximum Gasteiger partial charge on any atom is 0.220 e. The molecule has 0 bridgehead atoms. The second-order valence-electron chi connectivity index (χ2n) is 15.1. The lowest BCUT2D eigenvalue weighted by atomic mass is 10.1. The van der Waals surface area contributed by atoms with Crippen LogP contribution in [0.4, 0.5) is 0 Å². The Bertz CT molecular complexity index is 1050. The number of unbranched alkanes of at least 4 members (excludes halogenated alkanes) is 19. The number of carbonyl (C=O) groups is 1. The lowest BCUT2D eigenvalue weighted by Gasteiger charge is -2.19. The summed E-state index contributed by atoms with van der Waals surface area (Å²) in [7, 11) is 0. The van der Waals surface area contributed by atoms with E-state index in [1.54, 1.807) is 6.08 Å². The first-order valence-corrected chi connectivity index (χ1v) is 23.0. The van der Waals surface area contributed by atoms with Gasteiger partial charge < -0.3 is 15.5 Å². The van der Waals surface area contributed by atoms with Crippen LogP contribution >= 0.6 is 0 Å². The molecule has 2 unspecified atom stereocenters. The largest absolute Gasteiger partial charge is 0.394 e. The summed E-state index contributed by atoms with van der Waals surface area (Å²) in [6.07, 6.45) is 68.0. The minimum absolute atomic E-state index is 0.0891. The highest BCUT2D eigenvalue weighted by Gasteiger charge is 2.17. The van der Waals surface area contributed by atoms with E-state index in [-0.39, 0.29) is 12.5 Å². The Balaban J connectivity index is 3.68. The number of aliphatic hydroxyl groups is 2. The Morgan fingerprint density at radius 3 is 1.27 bits per heavy atom. The van der Waals surface area contributed by atoms with Crippen LogP contribution in [-0.4, -0.2) is 34.9 Å². The van der Waals surface area contributed by atoms with Crippen molar-refractivity contribution in [2.45, 2.75) is 212 Å². The number of nitrogens with one attached hydrogen (secondary N) is 1. The maximum atomic E-state index is 12.4. The van der Waals surface area contributed by atoms with Crippen molar-refractivity contribution in [1.82, 2.24) is 5.32 Å². The molecule has 0 aliphatic heterocycles. The van der Waals surface area contributed by atoms with E-state index in [1.807, 2.05) is 6.08 Å². The van der Waals surface area contributed by atoms with Gasteiger partial charge in [-0.05, 0) is 89.9 Å². The van der Waals surface area contributed by atoms with Gasteiger partial charge in [-0.15, -0.1) is 0 Å². The quantitative estimate of drug-likeness (QED) is 0.0430. The topological polar surface area (TPSA) is 69.6 Å². The van der Waals surface area contributed by atoms with Crippen molar-refractivity contribution in [2.24, 2.45) is 0 Å². The first-order valence-electron chi connectivity index (χ1n) is 23.0. The van der Waals surface area contributed by atoms with Crippen LogP contribution in [0.1, 0.15) is 200 Å². The summed E-state index contributed by atoms with van der Waals surface area (Å²) in [6, 6.07) is -0.655. The van der Waals surface area contributed by atoms with Crippen LogP contribution in [0.25, 0.3) is 0 Å². The van der Waals surface area contributed by atoms with E-state index in [4.69, 9.17) is 0 Å². The predicted molar refractivity (Wildman–Crippen MR) is 243 cm³/mol. The normalized spacial score (nSPS) is 13.9. The second kappa shape index (κ2) is 45.7. The average molecular weight is 762 g/mol. The number of amides is 1. The molecule has 0 spiro atoms. The summed E-state index contributed by atoms with van der Waals surface area (Å²) >= 11 is 0. The van der Waals surface area contributed by atoms with Crippen molar-refractivity contribution in [1.29, 1.82) is 0 Å². The minimum atomic E-state index is -0.878. The van der Waals surface area contributed by atoms with Gasteiger partial charge in [0.25, 0.3) is 0 Å². The SMILES string of the molecule is CC/C=C\C/C=C\C/C=C\C/C=C\C/C=C\CCCCCCCCCCCC(=O)NC(CO)C(O)/C=C/CC/C=C/CC/C=C/CCCCCCCCCC. The number of hydrogen-bond acceptors (Lipinski definition) is 3. The molecule has 0 aromatic heterocycles. The molecule has 4 nitrogen and oxygen atoms in total. The molecule has 314 valence electrons. The van der Waals surface area contributed by atoms with E-state index < -0.39 is 12.1 Å². The summed E-state index contributed by atoms with van der Waals surface area (Å²) in [6.45, 7) is 4.16. The average Bonchev–Trinajstić information content (AvgIpc) is 3.19. The van der Waals surface area contributed by atoms with Crippen molar-refractivity contribution >= 4 is 5.91 Å². The van der Waals surface area contributed by atoms with Gasteiger partial charge >= 0.3 is 0 Å². The Kier molecular flexibility index (Phi) is 43.5. The van der Waals surface area contributed by atoms with Crippen LogP contribution in [0.3, 0.4) is 0 Å². The van der Waals surface area contributed by atoms with Crippen LogP contribution < -0.4 is 5.32 Å². The lowest BCUT2D eigenvalue weighted by molar-refractivity contribution is -0.123. The van der Waals surface area contributed by atoms with Gasteiger partial charge in [-0.2, -0.15) is 0 Å². The Labute approximate surface area is 341 Å². The Hall–Kier alpha value is -2.69. The first-order chi connectivity index (χ1) is 27.2. The van der Waals surface area contributed by atoms with Crippen molar-refractivity contribution in [3.8, 4) is 0 Å². The number of aliphatic hydroxyl groups excluding tert-OH is 2. The molecule has 0 rings (SSSR count). The standard InChI is InChI=1S/C51H87NO3/c1-3-5-7-9-11-13-15-17-19-21-23-24-25-26-27-28-29-31-33-35-37-39-41-43-45-47-51(55)52-49(48-53)50(54)46-44-42-40-38-36-34-32-30-22-20-18-16-14-12-10-8-6-4-2/h5,7,11,13,17,19,22-24,26-27,30,36,38,44,46,49-50,53-54H,3-4,6,8-10,12,14-16,18,20-21,25,28-29,31-35,37,39-43,45,47-48H2,1-2H3,(H,52,55)/b7-5-,13-11-,19-17-,24-23-,27-26-,30-22+,38-36+,46-44+. The summed E-state index contributed by atoms with van der Waals surface area (Å²) < 4.78 is 0. The Morgan fingerprint density at radius 2 is 0.818 bits per heavy atom. The van der Waals surface area contributed by atoms with E-state index in [0.29, 0.717) is 6.42 Å². The van der Waals surface area contributed by atoms with E-state index in [1.165, 1.54) is 103 Å². The van der Waals surface area contributed by atoms with E-state index >= 15 is 0 Å². The fourth-order valence-corrected chi connectivity index (χ4v) is 6.29. The molecule has 55 heavy (non-hydrogen) atoms. The van der Waals surface area contributed by atoms with Crippen LogP contribution in [0, 0.1) is 0 Å². The van der Waals surface area contributed by atoms with Crippen molar-refractivity contribution in [3.05, 3.63) is 97.2 Å². The second-order valence-corrected chi connectivity index (χ2v) is 15.1. The summed E-state index contributed by atoms with van der Waals surface area (Å²) in [4.78, 5) is 12.4. The maximum absolute atomic E-state index is 12.4. The molecule has 0 aliphatic carbocycles. The molecular formula is C51H87NO3. The zero-order chi connectivity index (χ0) is 40.0. The zero-order valence-electron chi connectivity index (χ0n) is 35.9. The van der Waals surface area contributed by atoms with Gasteiger partial charge in [0.05, 0.1) is 18.8 Å². The van der Waals surface area contributed by atoms with Gasteiger partial charge in [-0.1, -0.05) is 201 Å². The van der Waals surface area contributed by atoms with Gasteiger partial charge in [-0.3, -0.25) is 4.79 Å². The highest BCUT2D eigenvalue weighted by molar-refractivity contribution is 5.76. The molecule has 0 saturated carbocycles. The van der Waals surface area contributed by atoms with Crippen molar-refractivity contribution < 1.29 is 15.0 Å². The molecule has 0 fully saturated rings. The van der Waals surface area contributed by atoms with Gasteiger partial charge in [0.2, 0.25) is 5.91 Å². The molecule has 0 aliphatic rings. The first kappa shape index (κ1) is 52.3. The van der Waals surface area contributed by atoms with Gasteiger partial charge in [-0.25, -0.2) is 0 Å². The molecule has 0 saturated heterocycles. The molecule has 0 radical (unpaired) electrons. The minimum Gasteiger partial charge on any atom is -0.394 e. The number of carbonyl (C=O) groups excluding carboxylic acids is 1. The molecule has 2 atom stereocenters. The van der Waals surface area contributed by atoms with Crippen LogP contribution in [0.15, 0.2) is 97.2 Å². The van der Waals surface area contributed by atoms with Crippen LogP contribution in [-0.2, 0) is 4.79 Å². The Morgan fingerprint density at radius 1 is 0.455 bits per heavy atom. The third kappa shape index (κ3) is 42.3. The van der Waals surface area contributed by atoms with E-state index in [0.717, 1.165) is 77.0 Å². The molecule has 1 amide bonds. The zero-order valence-corrected chi connectivity index (χ0v) is 35.9.